The molecule has 2 aromatic rings. The maximum Gasteiger partial charge on any atom is 0.154 e. The summed E-state index contributed by atoms with van der Waals surface area (Å²) in [6.07, 6.45) is 3.42. The molecule has 6 heteroatoms. The van der Waals surface area contributed by atoms with Crippen molar-refractivity contribution in [1.29, 1.82) is 0 Å². The maximum atomic E-state index is 13.8. The normalized spacial score (nSPS) is 24.6. The topological polar surface area (TPSA) is 68.2 Å². The van der Waals surface area contributed by atoms with Crippen molar-refractivity contribution in [2.75, 3.05) is 5.73 Å². The number of nitrogens with zero attached hydrogens (tertiary/aromatic N) is 3. The first-order valence-corrected chi connectivity index (χ1v) is 5.70. The highest BCUT2D eigenvalue weighted by atomic mass is 19.1. The Morgan fingerprint density at radius 3 is 3.06 bits per heavy atom. The van der Waals surface area contributed by atoms with Crippen LogP contribution in [0, 0.1) is 5.82 Å². The summed E-state index contributed by atoms with van der Waals surface area (Å²) < 4.78 is 15.4. The second kappa shape index (κ2) is 3.66. The zero-order valence-electron chi connectivity index (χ0n) is 9.52. The number of fused-ring (bicyclic) bond motifs is 1. The van der Waals surface area contributed by atoms with Gasteiger partial charge in [-0.1, -0.05) is 0 Å². The number of rotatable bonds is 1. The lowest BCUT2D eigenvalue weighted by atomic mass is 10.1. The van der Waals surface area contributed by atoms with Gasteiger partial charge in [0.05, 0.1) is 5.69 Å². The number of nitrogens with two attached hydrogens (primary N) is 1. The number of nitrogen functional groups attached to an aromatic ring is 1. The van der Waals surface area contributed by atoms with Crippen molar-refractivity contribution >= 4 is 11.3 Å². The van der Waals surface area contributed by atoms with E-state index in [0.29, 0.717) is 6.04 Å². The summed E-state index contributed by atoms with van der Waals surface area (Å²) in [6.45, 7) is 2.12. The van der Waals surface area contributed by atoms with Crippen LogP contribution in [-0.4, -0.2) is 20.6 Å². The van der Waals surface area contributed by atoms with E-state index in [1.807, 2.05) is 0 Å². The second-order valence-corrected chi connectivity index (χ2v) is 4.52. The van der Waals surface area contributed by atoms with Gasteiger partial charge in [0.15, 0.2) is 11.6 Å². The second-order valence-electron chi connectivity index (χ2n) is 4.52. The first-order valence-electron chi connectivity index (χ1n) is 5.70. The predicted octanol–water partition coefficient (Wildman–Crippen LogP) is 1.26. The summed E-state index contributed by atoms with van der Waals surface area (Å²) in [4.78, 5) is 3.81. The largest absolute Gasteiger partial charge is 0.382 e. The van der Waals surface area contributed by atoms with Gasteiger partial charge in [-0.15, -0.1) is 0 Å². The molecule has 0 spiro atoms. The van der Waals surface area contributed by atoms with E-state index in [-0.39, 0.29) is 23.2 Å². The monoisotopic (exact) mass is 235 g/mol. The van der Waals surface area contributed by atoms with Crippen molar-refractivity contribution in [1.82, 2.24) is 19.9 Å². The average molecular weight is 235 g/mol. The summed E-state index contributed by atoms with van der Waals surface area (Å²) >= 11 is 0. The molecule has 3 heterocycles. The van der Waals surface area contributed by atoms with Crippen molar-refractivity contribution in [3.63, 3.8) is 0 Å². The summed E-state index contributed by atoms with van der Waals surface area (Å²) in [7, 11) is 0. The Balaban J connectivity index is 2.14. The van der Waals surface area contributed by atoms with Gasteiger partial charge in [0.1, 0.15) is 11.8 Å². The van der Waals surface area contributed by atoms with E-state index in [9.17, 15) is 4.39 Å². The van der Waals surface area contributed by atoms with Gasteiger partial charge in [-0.25, -0.2) is 13.9 Å². The van der Waals surface area contributed by atoms with Crippen LogP contribution in [0.4, 0.5) is 10.2 Å². The Labute approximate surface area is 97.8 Å². The van der Waals surface area contributed by atoms with Crippen LogP contribution in [-0.2, 0) is 0 Å². The minimum Gasteiger partial charge on any atom is -0.382 e. The van der Waals surface area contributed by atoms with Crippen LogP contribution in [0.3, 0.4) is 0 Å². The molecule has 0 bridgehead atoms. The van der Waals surface area contributed by atoms with Gasteiger partial charge in [-0.2, -0.15) is 5.10 Å². The lowest BCUT2D eigenvalue weighted by molar-refractivity contribution is 0.561. The summed E-state index contributed by atoms with van der Waals surface area (Å²) in [5, 5.41) is 7.48. The molecule has 90 valence electrons. The average Bonchev–Trinajstić information content (AvgIpc) is 2.84. The maximum absolute atomic E-state index is 13.8. The quantitative estimate of drug-likeness (QED) is 0.781. The van der Waals surface area contributed by atoms with E-state index in [4.69, 9.17) is 5.73 Å². The number of hydrogen-bond acceptors (Lipinski definition) is 4. The third kappa shape index (κ3) is 1.56. The van der Waals surface area contributed by atoms with E-state index >= 15 is 0 Å². The van der Waals surface area contributed by atoms with Crippen LogP contribution in [0.1, 0.15) is 31.5 Å². The number of nitrogens with one attached hydrogen (secondary N) is 1. The fourth-order valence-corrected chi connectivity index (χ4v) is 2.45. The number of halogens is 1. The number of hydrogen-bond donors (Lipinski definition) is 2. The van der Waals surface area contributed by atoms with Gasteiger partial charge in [0.25, 0.3) is 0 Å². The molecule has 1 aliphatic rings. The lowest BCUT2D eigenvalue weighted by Crippen LogP contribution is -2.22. The molecule has 1 aliphatic heterocycles. The van der Waals surface area contributed by atoms with Crippen LogP contribution >= 0.6 is 0 Å². The highest BCUT2D eigenvalue weighted by molar-refractivity contribution is 5.66. The summed E-state index contributed by atoms with van der Waals surface area (Å²) in [5.41, 5.74) is 6.75. The third-order valence-electron chi connectivity index (χ3n) is 3.29. The number of aromatic nitrogens is 3. The minimum atomic E-state index is -0.362. The van der Waals surface area contributed by atoms with E-state index in [0.717, 1.165) is 18.5 Å². The molecule has 17 heavy (non-hydrogen) atoms. The Morgan fingerprint density at radius 1 is 1.53 bits per heavy atom. The van der Waals surface area contributed by atoms with Gasteiger partial charge < -0.3 is 11.1 Å². The molecule has 1 unspecified atom stereocenters. The molecule has 0 radical (unpaired) electrons. The molecule has 1 saturated heterocycles. The van der Waals surface area contributed by atoms with Gasteiger partial charge >= 0.3 is 0 Å². The van der Waals surface area contributed by atoms with Crippen LogP contribution < -0.4 is 11.1 Å². The molecule has 1 fully saturated rings. The summed E-state index contributed by atoms with van der Waals surface area (Å²) in [6, 6.07) is 2.08. The fraction of sp³-hybridized carbons (Fsp3) is 0.455. The van der Waals surface area contributed by atoms with Crippen molar-refractivity contribution in [2.24, 2.45) is 0 Å². The van der Waals surface area contributed by atoms with Crippen LogP contribution in [0.2, 0.25) is 0 Å². The standard InChI is InChI=1S/C11H14FN5/c1-6-2-3-8(16-6)9-4-7(12)10-11(13)14-5-15-17(9)10/h4-6,8,16H,2-3H2,1H3,(H2,13,14,15)/t6?,8-/m1/s1. The molecule has 3 N–H and O–H groups in total. The zero-order chi connectivity index (χ0) is 12.0. The Bertz CT molecular complexity index is 564. The first kappa shape index (κ1) is 10.5. The van der Waals surface area contributed by atoms with E-state index in [2.05, 4.69) is 22.3 Å². The number of anilines is 1. The molecule has 0 aliphatic carbocycles. The smallest absolute Gasteiger partial charge is 0.154 e. The highest BCUT2D eigenvalue weighted by Gasteiger charge is 2.26. The Hall–Kier alpha value is -1.69. The van der Waals surface area contributed by atoms with Crippen LogP contribution in [0.15, 0.2) is 12.4 Å². The van der Waals surface area contributed by atoms with Gasteiger partial charge in [-0.3, -0.25) is 0 Å². The molecule has 2 aromatic heterocycles. The molecule has 0 amide bonds. The van der Waals surface area contributed by atoms with Gasteiger partial charge in [0, 0.05) is 12.1 Å². The van der Waals surface area contributed by atoms with Gasteiger partial charge in [0.2, 0.25) is 0 Å². The zero-order valence-corrected chi connectivity index (χ0v) is 9.52. The minimum absolute atomic E-state index is 0.135. The SMILES string of the molecule is CC1CC[C@H](c2cc(F)c3c(N)ncnn23)N1. The van der Waals surface area contributed by atoms with Crippen molar-refractivity contribution in [2.45, 2.75) is 31.8 Å². The molecule has 3 rings (SSSR count). The van der Waals surface area contributed by atoms with Crippen LogP contribution in [0.5, 0.6) is 0 Å². The Kier molecular flexibility index (Phi) is 2.25. The van der Waals surface area contributed by atoms with Crippen LogP contribution in [0.25, 0.3) is 5.52 Å². The molecular weight excluding hydrogens is 221 g/mol. The molecule has 0 aromatic carbocycles. The van der Waals surface area contributed by atoms with E-state index < -0.39 is 0 Å². The molecule has 0 saturated carbocycles. The predicted molar refractivity (Wildman–Crippen MR) is 61.9 cm³/mol. The Morgan fingerprint density at radius 2 is 2.35 bits per heavy atom. The van der Waals surface area contributed by atoms with Crippen molar-refractivity contribution in [3.05, 3.63) is 23.9 Å². The van der Waals surface area contributed by atoms with Crippen molar-refractivity contribution < 1.29 is 4.39 Å². The highest BCUT2D eigenvalue weighted by Crippen LogP contribution is 2.29. The molecule has 2 atom stereocenters. The summed E-state index contributed by atoms with van der Waals surface area (Å²) in [5.74, 6) is -0.186. The molecule has 5 nitrogen and oxygen atoms in total. The van der Waals surface area contributed by atoms with E-state index in [1.165, 1.54) is 12.4 Å². The lowest BCUT2D eigenvalue weighted by Gasteiger charge is -2.11. The fourth-order valence-electron chi connectivity index (χ4n) is 2.45. The van der Waals surface area contributed by atoms with Crippen molar-refractivity contribution in [3.8, 4) is 0 Å². The first-order chi connectivity index (χ1) is 8.16. The third-order valence-corrected chi connectivity index (χ3v) is 3.29. The van der Waals surface area contributed by atoms with E-state index in [1.54, 1.807) is 4.52 Å². The van der Waals surface area contributed by atoms with Gasteiger partial charge in [-0.05, 0) is 25.8 Å². The molecular formula is C11H14FN5.